The molecule has 1 aromatic heterocycles. The Hall–Kier alpha value is -3.15. The first-order valence-electron chi connectivity index (χ1n) is 9.02. The molecule has 138 valence electrons. The van der Waals surface area contributed by atoms with Crippen molar-refractivity contribution in [3.63, 3.8) is 0 Å². The van der Waals surface area contributed by atoms with Gasteiger partial charge >= 0.3 is 0 Å². The predicted molar refractivity (Wildman–Crippen MR) is 103 cm³/mol. The standard InChI is InChI=1S/C21H21FN4O/c1-14-3-2-4-16(11-14)21(27)23-18-9-10-26(13-18)20-12-19(24-25-20)15-5-7-17(22)8-6-15/h2-8,11-12,18H,9-10,13H2,1H3,(H,23,27)(H,24,25)/t18-/m1/s1. The summed E-state index contributed by atoms with van der Waals surface area (Å²) < 4.78 is 13.1. The van der Waals surface area contributed by atoms with Crippen molar-refractivity contribution in [2.45, 2.75) is 19.4 Å². The number of anilines is 1. The van der Waals surface area contributed by atoms with Crippen LogP contribution in [0.25, 0.3) is 11.3 Å². The molecule has 6 heteroatoms. The van der Waals surface area contributed by atoms with Gasteiger partial charge < -0.3 is 10.2 Å². The monoisotopic (exact) mass is 364 g/mol. The maximum absolute atomic E-state index is 13.1. The number of hydrogen-bond donors (Lipinski definition) is 2. The van der Waals surface area contributed by atoms with E-state index < -0.39 is 0 Å². The Morgan fingerprint density at radius 3 is 2.81 bits per heavy atom. The highest BCUT2D eigenvalue weighted by Gasteiger charge is 2.26. The van der Waals surface area contributed by atoms with Crippen molar-refractivity contribution in [1.29, 1.82) is 0 Å². The minimum absolute atomic E-state index is 0.0421. The Labute approximate surface area is 157 Å². The number of halogens is 1. The summed E-state index contributed by atoms with van der Waals surface area (Å²) >= 11 is 0. The molecule has 0 bridgehead atoms. The summed E-state index contributed by atoms with van der Waals surface area (Å²) in [6, 6.07) is 16.0. The van der Waals surface area contributed by atoms with E-state index in [1.807, 2.05) is 37.3 Å². The second-order valence-corrected chi connectivity index (χ2v) is 6.92. The van der Waals surface area contributed by atoms with E-state index in [1.165, 1.54) is 12.1 Å². The molecule has 3 aromatic rings. The van der Waals surface area contributed by atoms with Crippen molar-refractivity contribution in [1.82, 2.24) is 15.5 Å². The molecule has 0 radical (unpaired) electrons. The number of benzene rings is 2. The number of carbonyl (C=O) groups excluding carboxylic acids is 1. The average molecular weight is 364 g/mol. The smallest absolute Gasteiger partial charge is 0.251 e. The summed E-state index contributed by atoms with van der Waals surface area (Å²) in [4.78, 5) is 14.6. The van der Waals surface area contributed by atoms with Gasteiger partial charge in [-0.1, -0.05) is 17.7 Å². The van der Waals surface area contributed by atoms with Crippen molar-refractivity contribution in [3.05, 3.63) is 71.5 Å². The van der Waals surface area contributed by atoms with Crippen LogP contribution in [0.3, 0.4) is 0 Å². The van der Waals surface area contributed by atoms with Gasteiger partial charge in [-0.2, -0.15) is 5.10 Å². The van der Waals surface area contributed by atoms with Gasteiger partial charge in [-0.15, -0.1) is 0 Å². The quantitative estimate of drug-likeness (QED) is 0.744. The molecule has 0 spiro atoms. The highest BCUT2D eigenvalue weighted by atomic mass is 19.1. The Bertz CT molecular complexity index is 951. The lowest BCUT2D eigenvalue weighted by molar-refractivity contribution is 0.0940. The van der Waals surface area contributed by atoms with Gasteiger partial charge in [0.2, 0.25) is 0 Å². The second kappa shape index (κ2) is 7.23. The molecule has 4 rings (SSSR count). The van der Waals surface area contributed by atoms with Crippen LogP contribution in [0, 0.1) is 12.7 Å². The third-order valence-corrected chi connectivity index (χ3v) is 4.85. The normalized spacial score (nSPS) is 16.5. The molecule has 1 aliphatic rings. The zero-order valence-corrected chi connectivity index (χ0v) is 15.1. The number of aromatic amines is 1. The van der Waals surface area contributed by atoms with Crippen LogP contribution in [0.1, 0.15) is 22.3 Å². The molecule has 1 aliphatic heterocycles. The number of rotatable bonds is 4. The zero-order valence-electron chi connectivity index (χ0n) is 15.1. The van der Waals surface area contributed by atoms with Crippen LogP contribution in [0.2, 0.25) is 0 Å². The second-order valence-electron chi connectivity index (χ2n) is 6.92. The fourth-order valence-electron chi connectivity index (χ4n) is 3.39. The third kappa shape index (κ3) is 3.84. The van der Waals surface area contributed by atoms with Crippen LogP contribution < -0.4 is 10.2 Å². The highest BCUT2D eigenvalue weighted by molar-refractivity contribution is 5.94. The van der Waals surface area contributed by atoms with Crippen LogP contribution in [0.15, 0.2) is 54.6 Å². The van der Waals surface area contributed by atoms with Gasteiger partial charge in [0.1, 0.15) is 5.82 Å². The topological polar surface area (TPSA) is 61.0 Å². The summed E-state index contributed by atoms with van der Waals surface area (Å²) in [5, 5.41) is 10.5. The van der Waals surface area contributed by atoms with E-state index in [0.29, 0.717) is 12.1 Å². The maximum Gasteiger partial charge on any atom is 0.251 e. The Balaban J connectivity index is 1.40. The largest absolute Gasteiger partial charge is 0.353 e. The highest BCUT2D eigenvalue weighted by Crippen LogP contribution is 2.24. The van der Waals surface area contributed by atoms with Gasteiger partial charge in [-0.05, 0) is 55.3 Å². The van der Waals surface area contributed by atoms with Crippen molar-refractivity contribution in [2.75, 3.05) is 18.0 Å². The van der Waals surface area contributed by atoms with Gasteiger partial charge in [0.05, 0.1) is 5.69 Å². The fraction of sp³-hybridized carbons (Fsp3) is 0.238. The fourth-order valence-corrected chi connectivity index (χ4v) is 3.39. The van der Waals surface area contributed by atoms with Crippen LogP contribution in [0.5, 0.6) is 0 Å². The molecule has 1 fully saturated rings. The van der Waals surface area contributed by atoms with Crippen molar-refractivity contribution in [3.8, 4) is 11.3 Å². The molecular weight excluding hydrogens is 343 g/mol. The number of H-pyrrole nitrogens is 1. The van der Waals surface area contributed by atoms with Crippen LogP contribution in [0.4, 0.5) is 10.2 Å². The van der Waals surface area contributed by atoms with Gasteiger partial charge in [0.15, 0.2) is 5.82 Å². The number of nitrogens with one attached hydrogen (secondary N) is 2. The minimum atomic E-state index is -0.259. The lowest BCUT2D eigenvalue weighted by Crippen LogP contribution is -2.37. The molecule has 1 atom stereocenters. The number of amides is 1. The number of carbonyl (C=O) groups is 1. The molecule has 2 N–H and O–H groups in total. The molecule has 5 nitrogen and oxygen atoms in total. The van der Waals surface area contributed by atoms with E-state index in [1.54, 1.807) is 12.1 Å². The van der Waals surface area contributed by atoms with Crippen LogP contribution in [-0.4, -0.2) is 35.2 Å². The third-order valence-electron chi connectivity index (χ3n) is 4.85. The molecule has 2 aromatic carbocycles. The molecule has 0 aliphatic carbocycles. The van der Waals surface area contributed by atoms with E-state index >= 15 is 0 Å². The molecule has 27 heavy (non-hydrogen) atoms. The first kappa shape index (κ1) is 17.3. The Morgan fingerprint density at radius 2 is 2.04 bits per heavy atom. The lowest BCUT2D eigenvalue weighted by atomic mass is 10.1. The minimum Gasteiger partial charge on any atom is -0.353 e. The number of hydrogen-bond acceptors (Lipinski definition) is 3. The summed E-state index contributed by atoms with van der Waals surface area (Å²) in [5.74, 6) is 0.534. The number of nitrogens with zero attached hydrogens (tertiary/aromatic N) is 2. The van der Waals surface area contributed by atoms with Gasteiger partial charge in [-0.25, -0.2) is 4.39 Å². The van der Waals surface area contributed by atoms with E-state index in [9.17, 15) is 9.18 Å². The summed E-state index contributed by atoms with van der Waals surface area (Å²) in [6.07, 6.45) is 0.871. The molecule has 1 amide bonds. The lowest BCUT2D eigenvalue weighted by Gasteiger charge is -2.16. The van der Waals surface area contributed by atoms with Gasteiger partial charge in [0.25, 0.3) is 5.91 Å². The Kier molecular flexibility index (Phi) is 4.62. The van der Waals surface area contributed by atoms with Crippen molar-refractivity contribution in [2.24, 2.45) is 0 Å². The van der Waals surface area contributed by atoms with Gasteiger partial charge in [-0.3, -0.25) is 9.89 Å². The molecule has 0 saturated carbocycles. The molecular formula is C21H21FN4O. The number of aryl methyl sites for hydroxylation is 1. The SMILES string of the molecule is Cc1cccc(C(=O)N[C@@H]2CCN(c3cc(-c4ccc(F)cc4)[nH]n3)C2)c1. The first-order valence-corrected chi connectivity index (χ1v) is 9.02. The molecule has 1 saturated heterocycles. The van der Waals surface area contributed by atoms with Crippen LogP contribution in [-0.2, 0) is 0 Å². The van der Waals surface area contributed by atoms with Crippen molar-refractivity contribution < 1.29 is 9.18 Å². The van der Waals surface area contributed by atoms with E-state index in [0.717, 1.165) is 35.6 Å². The average Bonchev–Trinajstić information content (AvgIpc) is 3.32. The summed E-state index contributed by atoms with van der Waals surface area (Å²) in [6.45, 7) is 3.52. The maximum atomic E-state index is 13.1. The summed E-state index contributed by atoms with van der Waals surface area (Å²) in [7, 11) is 0. The molecule has 2 heterocycles. The van der Waals surface area contributed by atoms with Gasteiger partial charge in [0, 0.05) is 30.8 Å². The van der Waals surface area contributed by atoms with Crippen molar-refractivity contribution >= 4 is 11.7 Å². The van der Waals surface area contributed by atoms with Crippen LogP contribution >= 0.6 is 0 Å². The van der Waals surface area contributed by atoms with E-state index in [4.69, 9.17) is 0 Å². The molecule has 0 unspecified atom stereocenters. The van der Waals surface area contributed by atoms with E-state index in [2.05, 4.69) is 20.4 Å². The zero-order chi connectivity index (χ0) is 18.8. The predicted octanol–water partition coefficient (Wildman–Crippen LogP) is 3.53. The Morgan fingerprint density at radius 1 is 1.22 bits per heavy atom. The summed E-state index contributed by atoms with van der Waals surface area (Å²) in [5.41, 5.74) is 3.49. The number of aromatic nitrogens is 2. The van der Waals surface area contributed by atoms with E-state index in [-0.39, 0.29) is 17.8 Å². The first-order chi connectivity index (χ1) is 13.1.